The number of benzene rings is 1. The Balaban J connectivity index is 1.47. The highest BCUT2D eigenvalue weighted by atomic mass is 32.1. The van der Waals surface area contributed by atoms with Gasteiger partial charge in [0.2, 0.25) is 0 Å². The van der Waals surface area contributed by atoms with E-state index in [2.05, 4.69) is 22.9 Å². The summed E-state index contributed by atoms with van der Waals surface area (Å²) in [4.78, 5) is 13.7. The maximum atomic E-state index is 14.4. The fourth-order valence-electron chi connectivity index (χ4n) is 5.77. The maximum Gasteiger partial charge on any atom is 0.283 e. The standard InChI is InChI=1S/C26H34F2N4OS/c1-3-9-31-10-8-18(14-31)12-23-29-13-22(34-23)25-24-20(19-6-4-5-7-21(19)30-24)11-17(2)32(25)15-26(27,28)16-33/h4-7,13,17-18,25,30,33H,3,8-12,14-16H2,1-2H3/t17-,18+,25-/m1/s1. The number of hydrogen-bond donors (Lipinski definition) is 2. The molecular weight excluding hydrogens is 454 g/mol. The van der Waals surface area contributed by atoms with Crippen molar-refractivity contribution in [3.8, 4) is 0 Å². The largest absolute Gasteiger partial charge is 0.390 e. The van der Waals surface area contributed by atoms with Gasteiger partial charge in [-0.2, -0.15) is 0 Å². The van der Waals surface area contributed by atoms with Crippen molar-refractivity contribution < 1.29 is 13.9 Å². The van der Waals surface area contributed by atoms with Crippen LogP contribution in [0, 0.1) is 5.92 Å². The molecule has 3 atom stereocenters. The second kappa shape index (κ2) is 9.64. The van der Waals surface area contributed by atoms with Crippen LogP contribution in [0.4, 0.5) is 8.78 Å². The van der Waals surface area contributed by atoms with Crippen LogP contribution in [0.3, 0.4) is 0 Å². The molecule has 2 aromatic heterocycles. The lowest BCUT2D eigenvalue weighted by atomic mass is 9.91. The molecule has 0 saturated carbocycles. The van der Waals surface area contributed by atoms with Gasteiger partial charge in [-0.05, 0) is 56.8 Å². The molecule has 2 N–H and O–H groups in total. The van der Waals surface area contributed by atoms with Crippen molar-refractivity contribution in [2.45, 2.75) is 57.5 Å². The Morgan fingerprint density at radius 3 is 2.91 bits per heavy atom. The highest BCUT2D eigenvalue weighted by Crippen LogP contribution is 2.43. The van der Waals surface area contributed by atoms with Crippen molar-refractivity contribution >= 4 is 22.2 Å². The summed E-state index contributed by atoms with van der Waals surface area (Å²) >= 11 is 1.66. The summed E-state index contributed by atoms with van der Waals surface area (Å²) in [7, 11) is 0. The van der Waals surface area contributed by atoms with E-state index in [4.69, 9.17) is 4.98 Å². The molecule has 34 heavy (non-hydrogen) atoms. The first-order valence-electron chi connectivity index (χ1n) is 12.4. The third kappa shape index (κ3) is 4.65. The lowest BCUT2D eigenvalue weighted by Crippen LogP contribution is -2.49. The molecule has 5 nitrogen and oxygen atoms in total. The minimum atomic E-state index is -3.16. The molecule has 0 radical (unpaired) electrons. The number of nitrogens with zero attached hydrogens (tertiary/aromatic N) is 3. The molecule has 0 aliphatic carbocycles. The molecule has 1 aromatic carbocycles. The van der Waals surface area contributed by atoms with Crippen molar-refractivity contribution in [3.63, 3.8) is 0 Å². The van der Waals surface area contributed by atoms with E-state index in [0.29, 0.717) is 12.3 Å². The number of aromatic nitrogens is 2. The van der Waals surface area contributed by atoms with Gasteiger partial charge in [0.25, 0.3) is 5.92 Å². The lowest BCUT2D eigenvalue weighted by Gasteiger charge is -2.41. The van der Waals surface area contributed by atoms with Crippen molar-refractivity contribution in [2.75, 3.05) is 32.8 Å². The Bertz CT molecular complexity index is 1130. The van der Waals surface area contributed by atoms with Crippen LogP contribution < -0.4 is 0 Å². The average Bonchev–Trinajstić information content (AvgIpc) is 3.54. The molecule has 1 fully saturated rings. The van der Waals surface area contributed by atoms with Gasteiger partial charge >= 0.3 is 0 Å². The highest BCUT2D eigenvalue weighted by molar-refractivity contribution is 7.11. The topological polar surface area (TPSA) is 55.4 Å². The predicted octanol–water partition coefficient (Wildman–Crippen LogP) is 4.86. The van der Waals surface area contributed by atoms with Crippen molar-refractivity contribution in [3.05, 3.63) is 51.6 Å². The summed E-state index contributed by atoms with van der Waals surface area (Å²) in [6, 6.07) is 7.76. The van der Waals surface area contributed by atoms with Crippen molar-refractivity contribution in [1.29, 1.82) is 0 Å². The minimum Gasteiger partial charge on any atom is -0.390 e. The molecule has 4 heterocycles. The quantitative estimate of drug-likeness (QED) is 0.475. The number of fused-ring (bicyclic) bond motifs is 3. The molecule has 0 bridgehead atoms. The number of H-pyrrole nitrogens is 1. The molecule has 2 aliphatic heterocycles. The smallest absolute Gasteiger partial charge is 0.283 e. The number of thiazole rings is 1. The van der Waals surface area contributed by atoms with Gasteiger partial charge in [0, 0.05) is 46.7 Å². The Labute approximate surface area is 203 Å². The normalized spacial score (nSPS) is 24.2. The molecule has 5 rings (SSSR count). The maximum absolute atomic E-state index is 14.4. The fraction of sp³-hybridized carbons (Fsp3) is 0.577. The molecule has 0 amide bonds. The minimum absolute atomic E-state index is 0.0860. The summed E-state index contributed by atoms with van der Waals surface area (Å²) in [5.74, 6) is -2.55. The van der Waals surface area contributed by atoms with Crippen LogP contribution in [-0.2, 0) is 12.8 Å². The van der Waals surface area contributed by atoms with E-state index in [1.165, 1.54) is 18.4 Å². The first-order chi connectivity index (χ1) is 16.4. The zero-order valence-electron chi connectivity index (χ0n) is 19.9. The van der Waals surface area contributed by atoms with Crippen LogP contribution in [0.1, 0.15) is 53.9 Å². The van der Waals surface area contributed by atoms with Gasteiger partial charge in [-0.15, -0.1) is 11.3 Å². The number of hydrogen-bond acceptors (Lipinski definition) is 5. The zero-order valence-corrected chi connectivity index (χ0v) is 20.8. The van der Waals surface area contributed by atoms with Crippen molar-refractivity contribution in [1.82, 2.24) is 19.8 Å². The van der Waals surface area contributed by atoms with E-state index in [0.717, 1.165) is 52.5 Å². The number of aliphatic hydroxyl groups is 1. The second-order valence-corrected chi connectivity index (χ2v) is 11.2. The molecule has 0 spiro atoms. The third-order valence-electron chi connectivity index (χ3n) is 7.38. The number of aromatic amines is 1. The van der Waals surface area contributed by atoms with Gasteiger partial charge in [-0.3, -0.25) is 4.90 Å². The molecule has 1 saturated heterocycles. The first-order valence-corrected chi connectivity index (χ1v) is 13.2. The summed E-state index contributed by atoms with van der Waals surface area (Å²) in [6.45, 7) is 6.02. The predicted molar refractivity (Wildman–Crippen MR) is 133 cm³/mol. The number of alkyl halides is 2. The monoisotopic (exact) mass is 488 g/mol. The third-order valence-corrected chi connectivity index (χ3v) is 8.45. The van der Waals surface area contributed by atoms with Gasteiger partial charge in [0.1, 0.15) is 6.61 Å². The molecule has 184 valence electrons. The Morgan fingerprint density at radius 1 is 1.29 bits per heavy atom. The second-order valence-electron chi connectivity index (χ2n) is 10.0. The number of aliphatic hydroxyl groups excluding tert-OH is 1. The average molecular weight is 489 g/mol. The van der Waals surface area contributed by atoms with E-state index in [9.17, 15) is 13.9 Å². The van der Waals surface area contributed by atoms with E-state index in [1.807, 2.05) is 36.2 Å². The van der Waals surface area contributed by atoms with E-state index < -0.39 is 19.1 Å². The van der Waals surface area contributed by atoms with Crippen LogP contribution in [-0.4, -0.2) is 69.6 Å². The number of para-hydroxylation sites is 1. The summed E-state index contributed by atoms with van der Waals surface area (Å²) in [6.07, 6.45) is 5.89. The summed E-state index contributed by atoms with van der Waals surface area (Å²) in [5.41, 5.74) is 3.23. The van der Waals surface area contributed by atoms with E-state index >= 15 is 0 Å². The van der Waals surface area contributed by atoms with Gasteiger partial charge in [-0.25, -0.2) is 13.8 Å². The lowest BCUT2D eigenvalue weighted by molar-refractivity contribution is -0.0862. The Hall–Kier alpha value is -1.87. The van der Waals surface area contributed by atoms with Crippen molar-refractivity contribution in [2.24, 2.45) is 5.92 Å². The SMILES string of the molecule is CCCN1CC[C@@H](Cc2ncc([C@@H]3c4[nH]c5ccccc5c4C[C@@H](C)N3CC(F)(F)CO)s2)C1. The number of nitrogens with one attached hydrogen (secondary N) is 1. The fourth-order valence-corrected chi connectivity index (χ4v) is 6.93. The Kier molecular flexibility index (Phi) is 6.77. The van der Waals surface area contributed by atoms with E-state index in [1.54, 1.807) is 11.3 Å². The molecule has 0 unspecified atom stereocenters. The van der Waals surface area contributed by atoms with Crippen LogP contribution >= 0.6 is 11.3 Å². The number of rotatable bonds is 8. The van der Waals surface area contributed by atoms with Crippen LogP contribution in [0.2, 0.25) is 0 Å². The van der Waals surface area contributed by atoms with E-state index in [-0.39, 0.29) is 12.1 Å². The zero-order chi connectivity index (χ0) is 23.9. The van der Waals surface area contributed by atoms with Gasteiger partial charge < -0.3 is 15.0 Å². The number of halogens is 2. The molecular formula is C26H34F2N4OS. The van der Waals surface area contributed by atoms with Gasteiger partial charge in [0.15, 0.2) is 0 Å². The molecule has 3 aromatic rings. The summed E-state index contributed by atoms with van der Waals surface area (Å²) in [5, 5.41) is 11.6. The van der Waals surface area contributed by atoms with Gasteiger partial charge in [-0.1, -0.05) is 25.1 Å². The molecule has 8 heteroatoms. The number of likely N-dealkylation sites (tertiary alicyclic amines) is 1. The highest BCUT2D eigenvalue weighted by Gasteiger charge is 2.42. The van der Waals surface area contributed by atoms with Crippen LogP contribution in [0.15, 0.2) is 30.5 Å². The first kappa shape index (κ1) is 23.9. The van der Waals surface area contributed by atoms with Crippen LogP contribution in [0.25, 0.3) is 10.9 Å². The molecule has 2 aliphatic rings. The Morgan fingerprint density at radius 2 is 2.12 bits per heavy atom. The van der Waals surface area contributed by atoms with Gasteiger partial charge in [0.05, 0.1) is 17.6 Å². The van der Waals surface area contributed by atoms with Crippen LogP contribution in [0.5, 0.6) is 0 Å². The summed E-state index contributed by atoms with van der Waals surface area (Å²) < 4.78 is 28.9.